The van der Waals surface area contributed by atoms with Crippen LogP contribution in [0.3, 0.4) is 0 Å². The lowest BCUT2D eigenvalue weighted by Crippen LogP contribution is -2.12. The van der Waals surface area contributed by atoms with Gasteiger partial charge in [-0.25, -0.2) is 9.59 Å². The van der Waals surface area contributed by atoms with Crippen molar-refractivity contribution in [2.75, 3.05) is 13.5 Å². The standard InChI is InChI=1S/C16H16N2O4/c17-9-21-15(19)13-5-1-11(2-6-13)12-3-7-14(8-4-12)16(20)22-10-18/h1-8H,9-10,17-18H2. The van der Waals surface area contributed by atoms with Crippen molar-refractivity contribution in [3.63, 3.8) is 0 Å². The molecule has 2 rings (SSSR count). The van der Waals surface area contributed by atoms with Crippen molar-refractivity contribution in [3.05, 3.63) is 59.7 Å². The van der Waals surface area contributed by atoms with E-state index in [2.05, 4.69) is 0 Å². The first-order chi connectivity index (χ1) is 10.7. The summed E-state index contributed by atoms with van der Waals surface area (Å²) in [7, 11) is 0. The first kappa shape index (κ1) is 15.7. The molecule has 0 aromatic heterocycles. The first-order valence-corrected chi connectivity index (χ1v) is 6.60. The largest absolute Gasteiger partial charge is 0.446 e. The Labute approximate surface area is 127 Å². The van der Waals surface area contributed by atoms with Crippen LogP contribution < -0.4 is 11.5 Å². The average molecular weight is 300 g/mol. The van der Waals surface area contributed by atoms with Crippen LogP contribution in [0.15, 0.2) is 48.5 Å². The van der Waals surface area contributed by atoms with E-state index in [1.807, 2.05) is 0 Å². The summed E-state index contributed by atoms with van der Waals surface area (Å²) in [5.41, 5.74) is 13.0. The molecular formula is C16H16N2O4. The highest BCUT2D eigenvalue weighted by Gasteiger charge is 2.08. The number of hydrogen-bond donors (Lipinski definition) is 2. The van der Waals surface area contributed by atoms with E-state index in [4.69, 9.17) is 20.9 Å². The maximum absolute atomic E-state index is 11.5. The zero-order valence-electron chi connectivity index (χ0n) is 11.8. The molecule has 2 aromatic rings. The molecule has 22 heavy (non-hydrogen) atoms. The normalized spacial score (nSPS) is 10.1. The van der Waals surface area contributed by atoms with Crippen molar-refractivity contribution in [2.24, 2.45) is 11.5 Å². The third-order valence-corrected chi connectivity index (χ3v) is 3.00. The minimum absolute atomic E-state index is 0.152. The second-order valence-corrected chi connectivity index (χ2v) is 4.35. The Bertz CT molecular complexity index is 591. The number of rotatable bonds is 5. The molecule has 0 radical (unpaired) electrons. The van der Waals surface area contributed by atoms with Crippen LogP contribution in [0.4, 0.5) is 0 Å². The van der Waals surface area contributed by atoms with Gasteiger partial charge >= 0.3 is 11.9 Å². The lowest BCUT2D eigenvalue weighted by atomic mass is 10.0. The molecule has 0 saturated heterocycles. The molecule has 0 saturated carbocycles. The summed E-state index contributed by atoms with van der Waals surface area (Å²) in [6, 6.07) is 13.8. The third-order valence-electron chi connectivity index (χ3n) is 3.00. The summed E-state index contributed by atoms with van der Waals surface area (Å²) in [4.78, 5) is 23.0. The average Bonchev–Trinajstić information content (AvgIpc) is 2.55. The molecule has 0 bridgehead atoms. The van der Waals surface area contributed by atoms with Crippen molar-refractivity contribution in [3.8, 4) is 11.1 Å². The predicted molar refractivity (Wildman–Crippen MR) is 80.8 cm³/mol. The summed E-state index contributed by atoms with van der Waals surface area (Å²) in [5.74, 6) is -0.928. The van der Waals surface area contributed by atoms with Gasteiger partial charge in [0, 0.05) is 0 Å². The number of nitrogens with two attached hydrogens (primary N) is 2. The van der Waals surface area contributed by atoms with Crippen molar-refractivity contribution >= 4 is 11.9 Å². The molecule has 6 nitrogen and oxygen atoms in total. The predicted octanol–water partition coefficient (Wildman–Crippen LogP) is 1.50. The van der Waals surface area contributed by atoms with E-state index in [9.17, 15) is 9.59 Å². The molecule has 4 N–H and O–H groups in total. The molecular weight excluding hydrogens is 284 g/mol. The van der Waals surface area contributed by atoms with Crippen LogP contribution >= 0.6 is 0 Å². The van der Waals surface area contributed by atoms with Crippen LogP contribution in [0.5, 0.6) is 0 Å². The summed E-state index contributed by atoms with van der Waals surface area (Å²) in [6.07, 6.45) is 0. The van der Waals surface area contributed by atoms with Gasteiger partial charge in [0.15, 0.2) is 0 Å². The summed E-state index contributed by atoms with van der Waals surface area (Å²) in [5, 5.41) is 0. The maximum atomic E-state index is 11.5. The number of esters is 2. The van der Waals surface area contributed by atoms with Gasteiger partial charge in [0.2, 0.25) is 0 Å². The van der Waals surface area contributed by atoms with E-state index < -0.39 is 11.9 Å². The number of carbonyl (C=O) groups excluding carboxylic acids is 2. The molecule has 2 aromatic carbocycles. The lowest BCUT2D eigenvalue weighted by molar-refractivity contribution is 0.0505. The lowest BCUT2D eigenvalue weighted by Gasteiger charge is -2.06. The number of carbonyl (C=O) groups is 2. The van der Waals surface area contributed by atoms with Gasteiger partial charge < -0.3 is 9.47 Å². The van der Waals surface area contributed by atoms with Crippen LogP contribution in [0.2, 0.25) is 0 Å². The van der Waals surface area contributed by atoms with Crippen LogP contribution in [-0.2, 0) is 9.47 Å². The van der Waals surface area contributed by atoms with Crippen LogP contribution in [0.25, 0.3) is 11.1 Å². The molecule has 0 heterocycles. The first-order valence-electron chi connectivity index (χ1n) is 6.60. The maximum Gasteiger partial charge on any atom is 0.339 e. The van der Waals surface area contributed by atoms with Gasteiger partial charge in [0.1, 0.15) is 13.5 Å². The van der Waals surface area contributed by atoms with Gasteiger partial charge in [0.25, 0.3) is 0 Å². The monoisotopic (exact) mass is 300 g/mol. The van der Waals surface area contributed by atoms with Gasteiger partial charge in [-0.15, -0.1) is 0 Å². The zero-order chi connectivity index (χ0) is 15.9. The number of benzene rings is 2. The molecule has 0 aliphatic rings. The summed E-state index contributed by atoms with van der Waals surface area (Å²) < 4.78 is 9.43. The highest BCUT2D eigenvalue weighted by Crippen LogP contribution is 2.21. The van der Waals surface area contributed by atoms with Gasteiger partial charge in [0.05, 0.1) is 11.1 Å². The third kappa shape index (κ3) is 3.69. The highest BCUT2D eigenvalue weighted by atomic mass is 16.5. The Balaban J connectivity index is 2.15. The van der Waals surface area contributed by atoms with E-state index in [-0.39, 0.29) is 13.5 Å². The molecule has 0 amide bonds. The molecule has 0 aliphatic carbocycles. The molecule has 0 fully saturated rings. The topological polar surface area (TPSA) is 105 Å². The fraction of sp³-hybridized carbons (Fsp3) is 0.125. The van der Waals surface area contributed by atoms with Gasteiger partial charge in [-0.3, -0.25) is 11.5 Å². The summed E-state index contributed by atoms with van der Waals surface area (Å²) in [6.45, 7) is -0.304. The Morgan fingerprint density at radius 1 is 0.682 bits per heavy atom. The fourth-order valence-electron chi connectivity index (χ4n) is 1.92. The second-order valence-electron chi connectivity index (χ2n) is 4.35. The molecule has 0 unspecified atom stereocenters. The highest BCUT2D eigenvalue weighted by molar-refractivity contribution is 5.91. The molecule has 114 valence electrons. The number of ether oxygens (including phenoxy) is 2. The number of hydrogen-bond acceptors (Lipinski definition) is 6. The Morgan fingerprint density at radius 2 is 1.00 bits per heavy atom. The molecule has 0 aliphatic heterocycles. The smallest absolute Gasteiger partial charge is 0.339 e. The molecule has 6 heteroatoms. The van der Waals surface area contributed by atoms with E-state index in [0.29, 0.717) is 11.1 Å². The van der Waals surface area contributed by atoms with Crippen LogP contribution in [-0.4, -0.2) is 25.4 Å². The SMILES string of the molecule is NCOC(=O)c1ccc(-c2ccc(C(=O)OCN)cc2)cc1. The van der Waals surface area contributed by atoms with Gasteiger partial charge in [-0.1, -0.05) is 24.3 Å². The Kier molecular flexibility index (Phi) is 5.24. The van der Waals surface area contributed by atoms with Crippen molar-refractivity contribution < 1.29 is 19.1 Å². The van der Waals surface area contributed by atoms with E-state index in [1.54, 1.807) is 48.5 Å². The second kappa shape index (κ2) is 7.35. The van der Waals surface area contributed by atoms with Crippen molar-refractivity contribution in [1.82, 2.24) is 0 Å². The zero-order valence-corrected chi connectivity index (χ0v) is 11.8. The fourth-order valence-corrected chi connectivity index (χ4v) is 1.92. The quantitative estimate of drug-likeness (QED) is 0.640. The van der Waals surface area contributed by atoms with E-state index in [0.717, 1.165) is 11.1 Å². The van der Waals surface area contributed by atoms with Crippen molar-refractivity contribution in [1.29, 1.82) is 0 Å². The van der Waals surface area contributed by atoms with Crippen LogP contribution in [0, 0.1) is 0 Å². The van der Waals surface area contributed by atoms with E-state index >= 15 is 0 Å². The van der Waals surface area contributed by atoms with Gasteiger partial charge in [-0.05, 0) is 35.4 Å². The van der Waals surface area contributed by atoms with Crippen molar-refractivity contribution in [2.45, 2.75) is 0 Å². The Hall–Kier alpha value is -2.70. The summed E-state index contributed by atoms with van der Waals surface area (Å²) >= 11 is 0. The van der Waals surface area contributed by atoms with Gasteiger partial charge in [-0.2, -0.15) is 0 Å². The van der Waals surface area contributed by atoms with Crippen LogP contribution in [0.1, 0.15) is 20.7 Å². The minimum atomic E-state index is -0.464. The van der Waals surface area contributed by atoms with E-state index in [1.165, 1.54) is 0 Å². The molecule has 0 atom stereocenters. The Morgan fingerprint density at radius 3 is 1.27 bits per heavy atom. The minimum Gasteiger partial charge on any atom is -0.446 e. The molecule has 0 spiro atoms.